The van der Waals surface area contributed by atoms with Crippen molar-refractivity contribution in [3.8, 4) is 0 Å². The van der Waals surface area contributed by atoms with Gasteiger partial charge in [-0.15, -0.1) is 15.3 Å². The van der Waals surface area contributed by atoms with Gasteiger partial charge >= 0.3 is 0 Å². The summed E-state index contributed by atoms with van der Waals surface area (Å²) >= 11 is 0. The van der Waals surface area contributed by atoms with Crippen LogP contribution in [-0.4, -0.2) is 54.8 Å². The number of anilines is 1. The van der Waals surface area contributed by atoms with Crippen molar-refractivity contribution >= 4 is 17.4 Å². The molecule has 24 heavy (non-hydrogen) atoms. The number of aromatic nitrogens is 6. The Bertz CT molecular complexity index is 875. The van der Waals surface area contributed by atoms with Crippen molar-refractivity contribution in [1.29, 1.82) is 0 Å². The molecule has 3 aromatic rings. The number of carbonyl (C=O) groups excluding carboxylic acids is 1. The van der Waals surface area contributed by atoms with E-state index in [0.717, 1.165) is 24.5 Å². The van der Waals surface area contributed by atoms with Gasteiger partial charge in [-0.1, -0.05) is 0 Å². The van der Waals surface area contributed by atoms with Crippen molar-refractivity contribution in [2.75, 3.05) is 18.0 Å². The molecule has 0 aliphatic carbocycles. The molecule has 1 aliphatic heterocycles. The third-order valence-electron chi connectivity index (χ3n) is 4.01. The summed E-state index contributed by atoms with van der Waals surface area (Å²) in [6.07, 6.45) is 5.52. The molecule has 122 valence electrons. The topological polar surface area (TPSA) is 101 Å². The monoisotopic (exact) mass is 324 g/mol. The van der Waals surface area contributed by atoms with E-state index in [1.165, 1.54) is 6.20 Å². The number of amides is 1. The van der Waals surface area contributed by atoms with E-state index in [0.29, 0.717) is 17.9 Å². The quantitative estimate of drug-likeness (QED) is 0.736. The van der Waals surface area contributed by atoms with Crippen molar-refractivity contribution in [2.24, 2.45) is 0 Å². The molecule has 1 aliphatic rings. The average molecular weight is 324 g/mol. The van der Waals surface area contributed by atoms with Gasteiger partial charge in [-0.25, -0.2) is 4.98 Å². The fourth-order valence-electron chi connectivity index (χ4n) is 2.74. The smallest absolute Gasteiger partial charge is 0.271 e. The number of hydrogen-bond acceptors (Lipinski definition) is 7. The number of aryl methyl sites for hydroxylation is 1. The van der Waals surface area contributed by atoms with Gasteiger partial charge in [0.1, 0.15) is 17.8 Å². The minimum absolute atomic E-state index is 0.0546. The van der Waals surface area contributed by atoms with E-state index in [2.05, 4.69) is 35.5 Å². The fraction of sp³-hybridized carbons (Fsp3) is 0.333. The summed E-state index contributed by atoms with van der Waals surface area (Å²) in [4.78, 5) is 22.6. The molecule has 0 bridgehead atoms. The maximum atomic E-state index is 12.2. The molecule has 3 aromatic heterocycles. The molecular formula is C15H16N8O. The van der Waals surface area contributed by atoms with Crippen LogP contribution in [0.2, 0.25) is 0 Å². The summed E-state index contributed by atoms with van der Waals surface area (Å²) in [6.45, 7) is 3.36. The van der Waals surface area contributed by atoms with E-state index in [1.54, 1.807) is 17.0 Å². The summed E-state index contributed by atoms with van der Waals surface area (Å²) in [5.41, 5.74) is 1.83. The normalized spacial score (nSPS) is 17.4. The van der Waals surface area contributed by atoms with Crippen LogP contribution in [0.15, 0.2) is 30.9 Å². The third-order valence-corrected chi connectivity index (χ3v) is 4.01. The van der Waals surface area contributed by atoms with Gasteiger partial charge in [-0.05, 0) is 25.5 Å². The SMILES string of the molecule is Cc1cnc(C(=O)N[C@@H]2CCN(c3ccc4nncn4n3)C2)cn1. The number of nitrogens with one attached hydrogen (secondary N) is 1. The van der Waals surface area contributed by atoms with Gasteiger partial charge in [0.15, 0.2) is 5.65 Å². The van der Waals surface area contributed by atoms with Gasteiger partial charge in [0.25, 0.3) is 5.91 Å². The first kappa shape index (κ1) is 14.5. The summed E-state index contributed by atoms with van der Waals surface area (Å²) in [5, 5.41) is 15.3. The zero-order valence-electron chi connectivity index (χ0n) is 13.1. The lowest BCUT2D eigenvalue weighted by molar-refractivity contribution is 0.0935. The minimum Gasteiger partial charge on any atom is -0.353 e. The van der Waals surface area contributed by atoms with E-state index < -0.39 is 0 Å². The highest BCUT2D eigenvalue weighted by Gasteiger charge is 2.26. The first-order valence-corrected chi connectivity index (χ1v) is 7.70. The highest BCUT2D eigenvalue weighted by molar-refractivity contribution is 5.92. The Morgan fingerprint density at radius 2 is 2.21 bits per heavy atom. The highest BCUT2D eigenvalue weighted by atomic mass is 16.2. The number of carbonyl (C=O) groups is 1. The Labute approximate surface area is 137 Å². The molecule has 1 N–H and O–H groups in total. The van der Waals surface area contributed by atoms with Crippen LogP contribution in [0.5, 0.6) is 0 Å². The van der Waals surface area contributed by atoms with E-state index in [4.69, 9.17) is 0 Å². The zero-order chi connectivity index (χ0) is 16.5. The lowest BCUT2D eigenvalue weighted by Gasteiger charge is -2.17. The van der Waals surface area contributed by atoms with Crippen LogP contribution in [0.1, 0.15) is 22.6 Å². The summed E-state index contributed by atoms with van der Waals surface area (Å²) < 4.78 is 1.64. The van der Waals surface area contributed by atoms with Crippen LogP contribution in [0, 0.1) is 6.92 Å². The third kappa shape index (κ3) is 2.75. The molecule has 0 radical (unpaired) electrons. The maximum Gasteiger partial charge on any atom is 0.271 e. The maximum absolute atomic E-state index is 12.2. The van der Waals surface area contributed by atoms with Gasteiger partial charge in [0.2, 0.25) is 0 Å². The number of hydrogen-bond donors (Lipinski definition) is 1. The van der Waals surface area contributed by atoms with Crippen LogP contribution in [0.3, 0.4) is 0 Å². The number of fused-ring (bicyclic) bond motifs is 1. The molecule has 1 saturated heterocycles. The minimum atomic E-state index is -0.198. The predicted molar refractivity (Wildman–Crippen MR) is 85.6 cm³/mol. The van der Waals surface area contributed by atoms with Crippen molar-refractivity contribution in [3.63, 3.8) is 0 Å². The summed E-state index contributed by atoms with van der Waals surface area (Å²) in [6, 6.07) is 3.85. The molecular weight excluding hydrogens is 308 g/mol. The second-order valence-corrected chi connectivity index (χ2v) is 5.77. The molecule has 0 saturated carbocycles. The van der Waals surface area contributed by atoms with E-state index in [9.17, 15) is 4.79 Å². The van der Waals surface area contributed by atoms with Crippen LogP contribution < -0.4 is 10.2 Å². The van der Waals surface area contributed by atoms with Crippen LogP contribution in [0.4, 0.5) is 5.82 Å². The molecule has 1 amide bonds. The van der Waals surface area contributed by atoms with E-state index in [-0.39, 0.29) is 11.9 Å². The average Bonchev–Trinajstić information content (AvgIpc) is 3.23. The molecule has 9 nitrogen and oxygen atoms in total. The Balaban J connectivity index is 1.42. The first-order chi connectivity index (χ1) is 11.7. The fourth-order valence-corrected chi connectivity index (χ4v) is 2.74. The lowest BCUT2D eigenvalue weighted by Crippen LogP contribution is -2.37. The van der Waals surface area contributed by atoms with Crippen LogP contribution in [0.25, 0.3) is 5.65 Å². The van der Waals surface area contributed by atoms with E-state index >= 15 is 0 Å². The molecule has 9 heteroatoms. The second-order valence-electron chi connectivity index (χ2n) is 5.77. The van der Waals surface area contributed by atoms with Gasteiger partial charge < -0.3 is 10.2 Å². The van der Waals surface area contributed by atoms with Gasteiger partial charge in [-0.3, -0.25) is 9.78 Å². The standard InChI is InChI=1S/C15H16N8O/c1-10-6-17-12(7-16-10)15(24)19-11-4-5-22(8-11)14-3-2-13-20-18-9-23(13)21-14/h2-3,6-7,9,11H,4-5,8H2,1H3,(H,19,24)/t11-/m1/s1. The predicted octanol–water partition coefficient (Wildman–Crippen LogP) is 0.231. The molecule has 0 unspecified atom stereocenters. The van der Waals surface area contributed by atoms with Crippen LogP contribution in [-0.2, 0) is 0 Å². The molecule has 4 heterocycles. The Hall–Kier alpha value is -3.10. The summed E-state index contributed by atoms with van der Waals surface area (Å²) in [5.74, 6) is 0.644. The Kier molecular flexibility index (Phi) is 3.52. The van der Waals surface area contributed by atoms with Gasteiger partial charge in [0, 0.05) is 25.3 Å². The van der Waals surface area contributed by atoms with Gasteiger partial charge in [-0.2, -0.15) is 4.52 Å². The number of nitrogens with zero attached hydrogens (tertiary/aromatic N) is 7. The van der Waals surface area contributed by atoms with Gasteiger partial charge in [0.05, 0.1) is 11.9 Å². The van der Waals surface area contributed by atoms with Crippen molar-refractivity contribution in [3.05, 3.63) is 42.2 Å². The second kappa shape index (κ2) is 5.84. The largest absolute Gasteiger partial charge is 0.353 e. The molecule has 4 rings (SSSR count). The first-order valence-electron chi connectivity index (χ1n) is 7.70. The van der Waals surface area contributed by atoms with Crippen molar-refractivity contribution in [2.45, 2.75) is 19.4 Å². The summed E-state index contributed by atoms with van der Waals surface area (Å²) in [7, 11) is 0. The Morgan fingerprint density at radius 3 is 3.04 bits per heavy atom. The van der Waals surface area contributed by atoms with Crippen LogP contribution >= 0.6 is 0 Å². The van der Waals surface area contributed by atoms with Crippen molar-refractivity contribution < 1.29 is 4.79 Å². The molecule has 1 atom stereocenters. The molecule has 0 aromatic carbocycles. The lowest BCUT2D eigenvalue weighted by atomic mass is 10.2. The Morgan fingerprint density at radius 1 is 1.29 bits per heavy atom. The molecule has 1 fully saturated rings. The zero-order valence-corrected chi connectivity index (χ0v) is 13.1. The highest BCUT2D eigenvalue weighted by Crippen LogP contribution is 2.18. The van der Waals surface area contributed by atoms with E-state index in [1.807, 2.05) is 19.1 Å². The van der Waals surface area contributed by atoms with Crippen molar-refractivity contribution in [1.82, 2.24) is 35.1 Å². The number of rotatable bonds is 3. The molecule has 0 spiro atoms.